The van der Waals surface area contributed by atoms with Crippen LogP contribution < -0.4 is 4.31 Å². The first-order valence-corrected chi connectivity index (χ1v) is 16.5. The molecule has 12 heteroatoms. The van der Waals surface area contributed by atoms with Crippen LogP contribution in [0, 0.1) is 11.3 Å². The van der Waals surface area contributed by atoms with Gasteiger partial charge in [0.2, 0.25) is 10.0 Å². The second-order valence-corrected chi connectivity index (χ2v) is 13.9. The third kappa shape index (κ3) is 6.57. The van der Waals surface area contributed by atoms with Crippen molar-refractivity contribution in [2.24, 2.45) is 0 Å². The van der Waals surface area contributed by atoms with Crippen molar-refractivity contribution >= 4 is 50.8 Å². The monoisotopic (exact) mass is 655 g/mol. The predicted octanol–water partition coefficient (Wildman–Crippen LogP) is 6.13. The number of halogens is 2. The maximum Gasteiger partial charge on any atom is 0.306 e. The van der Waals surface area contributed by atoms with Gasteiger partial charge in [0.25, 0.3) is 5.91 Å². The number of sulfonamides is 1. The van der Waals surface area contributed by atoms with Crippen LogP contribution in [0.3, 0.4) is 0 Å². The zero-order valence-corrected chi connectivity index (χ0v) is 26.2. The molecule has 1 heterocycles. The van der Waals surface area contributed by atoms with E-state index in [2.05, 4.69) is 6.07 Å². The van der Waals surface area contributed by atoms with Crippen LogP contribution in [0.5, 0.6) is 0 Å². The lowest BCUT2D eigenvalue weighted by molar-refractivity contribution is -0.183. The Morgan fingerprint density at radius 3 is 2.39 bits per heavy atom. The number of morpholine rings is 1. The average Bonchev–Trinajstić information content (AvgIpc) is 3.86. The summed E-state index contributed by atoms with van der Waals surface area (Å²) in [5.74, 6) is -1.79. The molecule has 1 aliphatic heterocycles. The van der Waals surface area contributed by atoms with Crippen LogP contribution in [0.25, 0.3) is 0 Å². The second-order valence-electron chi connectivity index (χ2n) is 10.9. The molecule has 1 amide bonds. The number of carboxylic acid groups (broad SMARTS) is 1. The summed E-state index contributed by atoms with van der Waals surface area (Å²) in [5.41, 5.74) is 1.71. The fraction of sp³-hybridized carbons (Fsp3) is 0.344. The van der Waals surface area contributed by atoms with Gasteiger partial charge in [-0.2, -0.15) is 5.26 Å². The van der Waals surface area contributed by atoms with E-state index in [-0.39, 0.29) is 17.8 Å². The molecule has 0 bridgehead atoms. The summed E-state index contributed by atoms with van der Waals surface area (Å²) >= 11 is 12.6. The molecule has 5 rings (SSSR count). The first-order chi connectivity index (χ1) is 21.0. The number of amides is 1. The molecule has 2 fully saturated rings. The van der Waals surface area contributed by atoms with Gasteiger partial charge < -0.3 is 14.7 Å². The SMILES string of the molecule is CCC(CN(c1ccccc1C#N)S(=O)(=O)C1CC1)N1C(=O)C(CC(=O)O)OC(c2cccc(Cl)c2)C1c1ccc(Cl)cc1. The summed E-state index contributed by atoms with van der Waals surface area (Å²) < 4.78 is 35.3. The number of benzene rings is 3. The van der Waals surface area contributed by atoms with E-state index < -0.39 is 57.9 Å². The van der Waals surface area contributed by atoms with E-state index in [1.54, 1.807) is 77.7 Å². The van der Waals surface area contributed by atoms with Gasteiger partial charge in [0.15, 0.2) is 0 Å². The number of aliphatic carboxylic acids is 1. The van der Waals surface area contributed by atoms with Crippen molar-refractivity contribution in [3.05, 3.63) is 99.5 Å². The molecule has 1 N–H and O–H groups in total. The minimum Gasteiger partial charge on any atom is -0.481 e. The quantitative estimate of drug-likeness (QED) is 0.263. The van der Waals surface area contributed by atoms with Crippen molar-refractivity contribution < 1.29 is 27.9 Å². The van der Waals surface area contributed by atoms with Gasteiger partial charge >= 0.3 is 5.97 Å². The number of carboxylic acids is 1. The third-order valence-electron chi connectivity index (χ3n) is 7.96. The Balaban J connectivity index is 1.67. The number of hydrogen-bond acceptors (Lipinski definition) is 6. The molecule has 3 aromatic carbocycles. The molecule has 1 saturated carbocycles. The van der Waals surface area contributed by atoms with Gasteiger partial charge in [0, 0.05) is 10.0 Å². The van der Waals surface area contributed by atoms with E-state index in [4.69, 9.17) is 27.9 Å². The van der Waals surface area contributed by atoms with Crippen molar-refractivity contribution in [3.63, 3.8) is 0 Å². The summed E-state index contributed by atoms with van der Waals surface area (Å²) in [5, 5.41) is 19.9. The first-order valence-electron chi connectivity index (χ1n) is 14.3. The fourth-order valence-electron chi connectivity index (χ4n) is 5.68. The van der Waals surface area contributed by atoms with Gasteiger partial charge in [-0.15, -0.1) is 0 Å². The Morgan fingerprint density at radius 2 is 1.77 bits per heavy atom. The fourth-order valence-corrected chi connectivity index (χ4v) is 7.91. The number of carbonyl (C=O) groups is 2. The molecule has 1 aliphatic carbocycles. The lowest BCUT2D eigenvalue weighted by atomic mass is 9.89. The number of rotatable bonds is 11. The number of hydrogen-bond donors (Lipinski definition) is 1. The van der Waals surface area contributed by atoms with E-state index in [9.17, 15) is 28.4 Å². The van der Waals surface area contributed by atoms with E-state index in [0.29, 0.717) is 40.4 Å². The molecule has 4 unspecified atom stereocenters. The molecule has 44 heavy (non-hydrogen) atoms. The topological polar surface area (TPSA) is 128 Å². The van der Waals surface area contributed by atoms with E-state index >= 15 is 0 Å². The number of nitrogens with zero attached hydrogens (tertiary/aromatic N) is 3. The molecule has 0 aromatic heterocycles. The molecule has 0 radical (unpaired) electrons. The van der Waals surface area contributed by atoms with Crippen LogP contribution in [0.2, 0.25) is 10.0 Å². The molecular formula is C32H31Cl2N3O6S. The molecule has 230 valence electrons. The van der Waals surface area contributed by atoms with Gasteiger partial charge in [0.1, 0.15) is 18.3 Å². The molecule has 1 saturated heterocycles. The third-order valence-corrected chi connectivity index (χ3v) is 10.7. The summed E-state index contributed by atoms with van der Waals surface area (Å²) in [6.07, 6.45) is -1.43. The highest BCUT2D eigenvalue weighted by molar-refractivity contribution is 7.93. The van der Waals surface area contributed by atoms with Crippen LogP contribution in [0.15, 0.2) is 72.8 Å². The van der Waals surface area contributed by atoms with Crippen LogP contribution in [0.1, 0.15) is 61.4 Å². The number of nitriles is 1. The zero-order chi connectivity index (χ0) is 31.6. The molecular weight excluding hydrogens is 625 g/mol. The van der Waals surface area contributed by atoms with Crippen LogP contribution in [0.4, 0.5) is 5.69 Å². The predicted molar refractivity (Wildman–Crippen MR) is 167 cm³/mol. The van der Waals surface area contributed by atoms with Gasteiger partial charge in [-0.1, -0.05) is 66.5 Å². The smallest absolute Gasteiger partial charge is 0.306 e. The van der Waals surface area contributed by atoms with Crippen molar-refractivity contribution in [3.8, 4) is 6.07 Å². The standard InChI is InChI=1S/C32H31Cl2N3O6S/c1-2-25(19-36(44(41,42)26-14-15-26)27-9-4-3-6-22(27)18-35)37-30(20-10-12-23(33)13-11-20)31(21-7-5-8-24(34)16-21)43-28(32(37)40)17-29(38)39/h3-13,16,25-26,28,30-31H,2,14-15,17,19H2,1H3,(H,38,39). The Hall–Kier alpha value is -3.62. The summed E-state index contributed by atoms with van der Waals surface area (Å²) in [7, 11) is -3.88. The molecule has 0 spiro atoms. The lowest BCUT2D eigenvalue weighted by Gasteiger charge is -2.48. The second kappa shape index (κ2) is 13.2. The Labute approximate surface area is 266 Å². The summed E-state index contributed by atoms with van der Waals surface area (Å²) in [6, 6.07) is 20.9. The van der Waals surface area contributed by atoms with Gasteiger partial charge in [-0.3, -0.25) is 13.9 Å². The van der Waals surface area contributed by atoms with Crippen molar-refractivity contribution in [1.82, 2.24) is 4.90 Å². The zero-order valence-electron chi connectivity index (χ0n) is 23.8. The van der Waals surface area contributed by atoms with Crippen LogP contribution >= 0.6 is 23.2 Å². The van der Waals surface area contributed by atoms with Crippen LogP contribution in [-0.2, 0) is 24.3 Å². The normalized spacial score (nSPS) is 21.0. The molecule has 4 atom stereocenters. The van der Waals surface area contributed by atoms with Crippen LogP contribution in [-0.4, -0.2) is 54.2 Å². The number of anilines is 1. The van der Waals surface area contributed by atoms with Gasteiger partial charge in [-0.05, 0) is 66.8 Å². The Kier molecular flexibility index (Phi) is 9.51. The lowest BCUT2D eigenvalue weighted by Crippen LogP contribution is -2.58. The minimum atomic E-state index is -3.88. The van der Waals surface area contributed by atoms with Crippen molar-refractivity contribution in [1.29, 1.82) is 5.26 Å². The largest absolute Gasteiger partial charge is 0.481 e. The molecule has 3 aromatic rings. The number of carbonyl (C=O) groups excluding carboxylic acids is 1. The Bertz CT molecular complexity index is 1690. The maximum absolute atomic E-state index is 14.3. The van der Waals surface area contributed by atoms with Gasteiger partial charge in [-0.25, -0.2) is 8.42 Å². The number of ether oxygens (including phenoxy) is 1. The molecule has 2 aliphatic rings. The highest BCUT2D eigenvalue weighted by Crippen LogP contribution is 2.45. The molecule has 9 nitrogen and oxygen atoms in total. The maximum atomic E-state index is 14.3. The van der Waals surface area contributed by atoms with Gasteiger partial charge in [0.05, 0.1) is 41.6 Å². The number of para-hydroxylation sites is 1. The summed E-state index contributed by atoms with van der Waals surface area (Å²) in [4.78, 5) is 27.7. The first kappa shape index (κ1) is 31.8. The van der Waals surface area contributed by atoms with Crippen molar-refractivity contribution in [2.75, 3.05) is 10.8 Å². The Morgan fingerprint density at radius 1 is 1.07 bits per heavy atom. The highest BCUT2D eigenvalue weighted by atomic mass is 35.5. The average molecular weight is 657 g/mol. The summed E-state index contributed by atoms with van der Waals surface area (Å²) in [6.45, 7) is 1.69. The van der Waals surface area contributed by atoms with E-state index in [1.165, 1.54) is 4.31 Å². The minimum absolute atomic E-state index is 0.147. The van der Waals surface area contributed by atoms with E-state index in [1.807, 2.05) is 6.92 Å². The highest BCUT2D eigenvalue weighted by Gasteiger charge is 2.49. The van der Waals surface area contributed by atoms with Crippen molar-refractivity contribution in [2.45, 2.75) is 62.1 Å². The van der Waals surface area contributed by atoms with E-state index in [0.717, 1.165) is 0 Å².